The maximum absolute atomic E-state index is 10.1. The number of para-hydroxylation sites is 1. The Morgan fingerprint density at radius 1 is 1.20 bits per heavy atom. The van der Waals surface area contributed by atoms with Crippen LogP contribution in [-0.2, 0) is 6.54 Å². The molecular formula is C16H27NO3. The van der Waals surface area contributed by atoms with Crippen molar-refractivity contribution in [3.63, 3.8) is 0 Å². The molecule has 0 amide bonds. The van der Waals surface area contributed by atoms with E-state index in [2.05, 4.69) is 12.2 Å². The summed E-state index contributed by atoms with van der Waals surface area (Å²) in [6.07, 6.45) is 0.645. The zero-order chi connectivity index (χ0) is 15.0. The number of rotatable bonds is 9. The molecule has 2 N–H and O–H groups in total. The molecule has 1 aromatic carbocycles. The van der Waals surface area contributed by atoms with E-state index in [0.717, 1.165) is 30.2 Å². The molecule has 1 aromatic rings. The minimum Gasteiger partial charge on any atom is -0.490 e. The number of ether oxygens (including phenoxy) is 2. The number of aliphatic hydroxyl groups is 1. The van der Waals surface area contributed by atoms with Crippen molar-refractivity contribution < 1.29 is 14.6 Å². The zero-order valence-corrected chi connectivity index (χ0v) is 13.0. The molecule has 0 aliphatic rings. The standard InChI is InChI=1S/C16H27NO3/c1-5-16(4,18)12-20-15-13(11-17-6-2)9-8-10-14(15)19-7-3/h8-10,17-18H,5-7,11-12H2,1-4H3. The van der Waals surface area contributed by atoms with E-state index in [1.54, 1.807) is 6.92 Å². The highest BCUT2D eigenvalue weighted by molar-refractivity contribution is 5.46. The lowest BCUT2D eigenvalue weighted by Gasteiger charge is -2.24. The highest BCUT2D eigenvalue weighted by Gasteiger charge is 2.20. The molecule has 0 saturated heterocycles. The lowest BCUT2D eigenvalue weighted by Crippen LogP contribution is -2.31. The number of nitrogens with one attached hydrogen (secondary N) is 1. The average Bonchev–Trinajstić information content (AvgIpc) is 2.44. The van der Waals surface area contributed by atoms with Crippen molar-refractivity contribution in [1.29, 1.82) is 0 Å². The van der Waals surface area contributed by atoms with Gasteiger partial charge in [0.05, 0.1) is 12.2 Å². The number of hydrogen-bond donors (Lipinski definition) is 2. The molecule has 114 valence electrons. The van der Waals surface area contributed by atoms with Crippen LogP contribution in [0.5, 0.6) is 11.5 Å². The lowest BCUT2D eigenvalue weighted by molar-refractivity contribution is 0.00729. The van der Waals surface area contributed by atoms with Gasteiger partial charge < -0.3 is 19.9 Å². The first-order valence-corrected chi connectivity index (χ1v) is 7.34. The van der Waals surface area contributed by atoms with Crippen molar-refractivity contribution in [2.75, 3.05) is 19.8 Å². The monoisotopic (exact) mass is 281 g/mol. The molecule has 0 saturated carbocycles. The van der Waals surface area contributed by atoms with Crippen LogP contribution >= 0.6 is 0 Å². The van der Waals surface area contributed by atoms with Gasteiger partial charge in [-0.15, -0.1) is 0 Å². The topological polar surface area (TPSA) is 50.7 Å². The SMILES string of the molecule is CCNCc1cccc(OCC)c1OCC(C)(O)CC. The summed E-state index contributed by atoms with van der Waals surface area (Å²) < 4.78 is 11.5. The summed E-state index contributed by atoms with van der Waals surface area (Å²) in [6, 6.07) is 5.87. The van der Waals surface area contributed by atoms with Crippen LogP contribution in [-0.4, -0.2) is 30.5 Å². The summed E-state index contributed by atoms with van der Waals surface area (Å²) in [4.78, 5) is 0. The maximum Gasteiger partial charge on any atom is 0.165 e. The van der Waals surface area contributed by atoms with Crippen molar-refractivity contribution >= 4 is 0 Å². The summed E-state index contributed by atoms with van der Waals surface area (Å²) >= 11 is 0. The van der Waals surface area contributed by atoms with Crippen LogP contribution < -0.4 is 14.8 Å². The Morgan fingerprint density at radius 2 is 1.95 bits per heavy atom. The Hall–Kier alpha value is -1.26. The van der Waals surface area contributed by atoms with Gasteiger partial charge in [-0.05, 0) is 32.9 Å². The highest BCUT2D eigenvalue weighted by Crippen LogP contribution is 2.32. The van der Waals surface area contributed by atoms with Crippen LogP contribution in [0.15, 0.2) is 18.2 Å². The molecule has 1 rings (SSSR count). The van der Waals surface area contributed by atoms with E-state index in [4.69, 9.17) is 9.47 Å². The fourth-order valence-electron chi connectivity index (χ4n) is 1.72. The predicted molar refractivity (Wildman–Crippen MR) is 81.4 cm³/mol. The zero-order valence-electron chi connectivity index (χ0n) is 13.0. The lowest BCUT2D eigenvalue weighted by atomic mass is 10.1. The first-order chi connectivity index (χ1) is 9.54. The smallest absolute Gasteiger partial charge is 0.165 e. The summed E-state index contributed by atoms with van der Waals surface area (Å²) in [5.41, 5.74) is 0.221. The van der Waals surface area contributed by atoms with E-state index in [1.807, 2.05) is 32.0 Å². The Bertz CT molecular complexity index is 405. The third kappa shape index (κ3) is 5.02. The molecule has 20 heavy (non-hydrogen) atoms. The molecular weight excluding hydrogens is 254 g/mol. The van der Waals surface area contributed by atoms with E-state index < -0.39 is 5.60 Å². The largest absolute Gasteiger partial charge is 0.490 e. The summed E-state index contributed by atoms with van der Waals surface area (Å²) in [7, 11) is 0. The first-order valence-electron chi connectivity index (χ1n) is 7.34. The van der Waals surface area contributed by atoms with E-state index in [0.29, 0.717) is 13.0 Å². The molecule has 0 spiro atoms. The molecule has 4 nitrogen and oxygen atoms in total. The van der Waals surface area contributed by atoms with Gasteiger partial charge in [-0.3, -0.25) is 0 Å². The predicted octanol–water partition coefficient (Wildman–Crippen LogP) is 2.73. The number of hydrogen-bond acceptors (Lipinski definition) is 4. The third-order valence-electron chi connectivity index (χ3n) is 3.21. The van der Waals surface area contributed by atoms with Gasteiger partial charge in [-0.1, -0.05) is 26.0 Å². The van der Waals surface area contributed by atoms with Crippen LogP contribution in [0.4, 0.5) is 0 Å². The Labute approximate surface area is 122 Å². The van der Waals surface area contributed by atoms with Crippen molar-refractivity contribution in [3.8, 4) is 11.5 Å². The Morgan fingerprint density at radius 3 is 2.55 bits per heavy atom. The molecule has 0 radical (unpaired) electrons. The van der Waals surface area contributed by atoms with Gasteiger partial charge in [0.1, 0.15) is 6.61 Å². The van der Waals surface area contributed by atoms with Gasteiger partial charge in [0.15, 0.2) is 11.5 Å². The van der Waals surface area contributed by atoms with Gasteiger partial charge in [-0.2, -0.15) is 0 Å². The van der Waals surface area contributed by atoms with Crippen molar-refractivity contribution in [1.82, 2.24) is 5.32 Å². The molecule has 0 heterocycles. The van der Waals surface area contributed by atoms with Gasteiger partial charge in [-0.25, -0.2) is 0 Å². The van der Waals surface area contributed by atoms with Gasteiger partial charge in [0.25, 0.3) is 0 Å². The minimum atomic E-state index is -0.825. The van der Waals surface area contributed by atoms with Crippen molar-refractivity contribution in [2.45, 2.75) is 46.3 Å². The molecule has 0 aromatic heterocycles. The molecule has 0 fully saturated rings. The van der Waals surface area contributed by atoms with Crippen LogP contribution in [0.2, 0.25) is 0 Å². The molecule has 0 aliphatic heterocycles. The fourth-order valence-corrected chi connectivity index (χ4v) is 1.72. The van der Waals surface area contributed by atoms with E-state index in [9.17, 15) is 5.11 Å². The molecule has 4 heteroatoms. The Kier molecular flexibility index (Phi) is 6.82. The quantitative estimate of drug-likeness (QED) is 0.731. The second-order valence-corrected chi connectivity index (χ2v) is 5.10. The number of benzene rings is 1. The Balaban J connectivity index is 2.92. The minimum absolute atomic E-state index is 0.257. The molecule has 1 atom stereocenters. The van der Waals surface area contributed by atoms with Crippen LogP contribution in [0, 0.1) is 0 Å². The van der Waals surface area contributed by atoms with Gasteiger partial charge >= 0.3 is 0 Å². The van der Waals surface area contributed by atoms with Crippen LogP contribution in [0.25, 0.3) is 0 Å². The van der Waals surface area contributed by atoms with Crippen molar-refractivity contribution in [2.24, 2.45) is 0 Å². The first kappa shape index (κ1) is 16.8. The van der Waals surface area contributed by atoms with E-state index >= 15 is 0 Å². The molecule has 0 aliphatic carbocycles. The molecule has 0 bridgehead atoms. The van der Waals surface area contributed by atoms with Crippen LogP contribution in [0.1, 0.15) is 39.7 Å². The fraction of sp³-hybridized carbons (Fsp3) is 0.625. The van der Waals surface area contributed by atoms with Gasteiger partial charge in [0, 0.05) is 12.1 Å². The van der Waals surface area contributed by atoms with Gasteiger partial charge in [0.2, 0.25) is 0 Å². The second-order valence-electron chi connectivity index (χ2n) is 5.10. The molecule has 1 unspecified atom stereocenters. The summed E-state index contributed by atoms with van der Waals surface area (Å²) in [5.74, 6) is 1.46. The van der Waals surface area contributed by atoms with Crippen molar-refractivity contribution in [3.05, 3.63) is 23.8 Å². The summed E-state index contributed by atoms with van der Waals surface area (Å²) in [5, 5.41) is 13.4. The van der Waals surface area contributed by atoms with E-state index in [-0.39, 0.29) is 6.61 Å². The highest BCUT2D eigenvalue weighted by atomic mass is 16.5. The normalized spacial score (nSPS) is 13.8. The second kappa shape index (κ2) is 8.12. The third-order valence-corrected chi connectivity index (χ3v) is 3.21. The summed E-state index contributed by atoms with van der Waals surface area (Å²) in [6.45, 7) is 10.2. The maximum atomic E-state index is 10.1. The van der Waals surface area contributed by atoms with E-state index in [1.165, 1.54) is 0 Å². The van der Waals surface area contributed by atoms with Crippen LogP contribution in [0.3, 0.4) is 0 Å². The average molecular weight is 281 g/mol.